The molecule has 0 unspecified atom stereocenters. The number of fused-ring (bicyclic) bond motifs is 1. The third-order valence-corrected chi connectivity index (χ3v) is 6.57. The van der Waals surface area contributed by atoms with Crippen molar-refractivity contribution in [3.05, 3.63) is 42.6 Å². The van der Waals surface area contributed by atoms with Gasteiger partial charge in [-0.1, -0.05) is 6.07 Å². The van der Waals surface area contributed by atoms with Gasteiger partial charge in [-0.05, 0) is 45.7 Å². The molecule has 3 aromatic heterocycles. The molecular weight excluding hydrogens is 475 g/mol. The third-order valence-electron chi connectivity index (χ3n) is 6.57. The molecule has 37 heavy (non-hydrogen) atoms. The Labute approximate surface area is 214 Å². The number of rotatable bonds is 3. The Balaban J connectivity index is 1.42. The molecule has 194 valence electrons. The number of pyridine rings is 1. The number of benzene rings is 1. The van der Waals surface area contributed by atoms with E-state index in [1.54, 1.807) is 28.0 Å². The van der Waals surface area contributed by atoms with Crippen molar-refractivity contribution in [2.75, 3.05) is 24.6 Å². The zero-order valence-corrected chi connectivity index (χ0v) is 21.4. The number of hydrogen-bond acceptors (Lipinski definition) is 7. The minimum atomic E-state index is -0.517. The summed E-state index contributed by atoms with van der Waals surface area (Å²) in [6.45, 7) is 6.80. The van der Waals surface area contributed by atoms with Crippen LogP contribution in [0.25, 0.3) is 33.3 Å². The van der Waals surface area contributed by atoms with Crippen molar-refractivity contribution in [3.63, 3.8) is 0 Å². The van der Waals surface area contributed by atoms with Gasteiger partial charge in [0.15, 0.2) is 0 Å². The van der Waals surface area contributed by atoms with Crippen molar-refractivity contribution in [2.24, 2.45) is 7.05 Å². The number of carbonyl (C=O) groups is 1. The molecular formula is C26H31FN8O2. The second-order valence-electron chi connectivity index (χ2n) is 10.4. The van der Waals surface area contributed by atoms with Gasteiger partial charge in [0.05, 0.1) is 28.8 Å². The average Bonchev–Trinajstić information content (AvgIpc) is 3.46. The van der Waals surface area contributed by atoms with Crippen LogP contribution in [-0.2, 0) is 11.8 Å². The van der Waals surface area contributed by atoms with Crippen LogP contribution in [0.2, 0.25) is 0 Å². The average molecular weight is 507 g/mol. The molecule has 1 aromatic carbocycles. The lowest BCUT2D eigenvalue weighted by molar-refractivity contribution is 0.0185. The lowest BCUT2D eigenvalue weighted by Gasteiger charge is -2.33. The van der Waals surface area contributed by atoms with Gasteiger partial charge < -0.3 is 21.1 Å². The van der Waals surface area contributed by atoms with Crippen LogP contribution in [0.15, 0.2) is 36.8 Å². The number of nitrogens with two attached hydrogens (primary N) is 2. The second kappa shape index (κ2) is 9.06. The van der Waals surface area contributed by atoms with E-state index in [0.29, 0.717) is 35.6 Å². The second-order valence-corrected chi connectivity index (χ2v) is 10.4. The van der Waals surface area contributed by atoms with Gasteiger partial charge >= 0.3 is 6.09 Å². The van der Waals surface area contributed by atoms with Crippen LogP contribution >= 0.6 is 0 Å². The van der Waals surface area contributed by atoms with Gasteiger partial charge in [-0.15, -0.1) is 0 Å². The number of ether oxygens (including phenoxy) is 1. The zero-order chi connectivity index (χ0) is 26.5. The minimum absolute atomic E-state index is 0.0696. The zero-order valence-electron chi connectivity index (χ0n) is 21.4. The molecule has 0 saturated carbocycles. The third kappa shape index (κ3) is 4.68. The van der Waals surface area contributed by atoms with Gasteiger partial charge in [0, 0.05) is 49.2 Å². The number of aryl methyl sites for hydroxylation is 1. The number of nitrogens with zero attached hydrogens (tertiary/aromatic N) is 6. The van der Waals surface area contributed by atoms with E-state index in [1.165, 1.54) is 12.1 Å². The van der Waals surface area contributed by atoms with Crippen LogP contribution in [0.3, 0.4) is 0 Å². The first-order valence-electron chi connectivity index (χ1n) is 12.2. The molecule has 1 amide bonds. The number of carbonyl (C=O) groups excluding carboxylic acids is 1. The number of nitrogen functional groups attached to an aromatic ring is 2. The quantitative estimate of drug-likeness (QED) is 0.395. The summed E-state index contributed by atoms with van der Waals surface area (Å²) in [4.78, 5) is 18.6. The molecule has 0 radical (unpaired) electrons. The van der Waals surface area contributed by atoms with Crippen LogP contribution in [-0.4, -0.2) is 54.2 Å². The number of hydrogen-bond donors (Lipinski definition) is 2. The Bertz CT molecular complexity index is 1480. The smallest absolute Gasteiger partial charge is 0.410 e. The molecule has 1 aliphatic heterocycles. The molecule has 1 aliphatic rings. The monoisotopic (exact) mass is 506 g/mol. The SMILES string of the molecule is Cn1nc(-c2ccc(N)c(F)c2)c2c(N)ncc(-c3cnn(C4CCN(C(=O)OC(C)(C)C)CC4)c3)c21. The Morgan fingerprint density at radius 1 is 1.14 bits per heavy atom. The molecule has 4 aromatic rings. The number of anilines is 2. The fourth-order valence-corrected chi connectivity index (χ4v) is 4.74. The predicted octanol–water partition coefficient (Wildman–Crippen LogP) is 4.37. The largest absolute Gasteiger partial charge is 0.444 e. The van der Waals surface area contributed by atoms with Crippen LogP contribution in [0.5, 0.6) is 0 Å². The fraction of sp³-hybridized carbons (Fsp3) is 0.385. The maximum absolute atomic E-state index is 14.2. The number of likely N-dealkylation sites (tertiary alicyclic amines) is 1. The molecule has 1 saturated heterocycles. The van der Waals surface area contributed by atoms with Gasteiger partial charge in [0.2, 0.25) is 0 Å². The van der Waals surface area contributed by atoms with Crippen LogP contribution in [0, 0.1) is 5.82 Å². The molecule has 0 spiro atoms. The normalized spacial score (nSPS) is 14.9. The molecule has 0 bridgehead atoms. The maximum atomic E-state index is 14.2. The number of amides is 1. The Hall–Kier alpha value is -4.15. The summed E-state index contributed by atoms with van der Waals surface area (Å²) in [6.07, 6.45) is 6.75. The first-order chi connectivity index (χ1) is 17.5. The van der Waals surface area contributed by atoms with E-state index in [9.17, 15) is 9.18 Å². The predicted molar refractivity (Wildman–Crippen MR) is 140 cm³/mol. The van der Waals surface area contributed by atoms with Crippen molar-refractivity contribution in [2.45, 2.75) is 45.3 Å². The molecule has 0 atom stereocenters. The Morgan fingerprint density at radius 3 is 2.54 bits per heavy atom. The van der Waals surface area contributed by atoms with Crippen molar-refractivity contribution < 1.29 is 13.9 Å². The standard InChI is InChI=1S/C26H31FN8O2/c1-26(2,3)37-25(36)34-9-7-17(8-10-34)35-14-16(12-31-35)18-13-30-24(29)21-22(32-33(4)23(18)21)15-5-6-20(28)19(27)11-15/h5-6,11-14,17H,7-10,28H2,1-4H3,(H2,29,30). The van der Waals surface area contributed by atoms with E-state index in [-0.39, 0.29) is 17.8 Å². The summed E-state index contributed by atoms with van der Waals surface area (Å²) in [7, 11) is 1.82. The van der Waals surface area contributed by atoms with Gasteiger partial charge in [-0.2, -0.15) is 10.2 Å². The summed E-state index contributed by atoms with van der Waals surface area (Å²) >= 11 is 0. The van der Waals surface area contributed by atoms with Gasteiger partial charge in [0.1, 0.15) is 22.9 Å². The maximum Gasteiger partial charge on any atom is 0.410 e. The van der Waals surface area contributed by atoms with E-state index >= 15 is 0 Å². The number of aromatic nitrogens is 5. The van der Waals surface area contributed by atoms with E-state index in [2.05, 4.69) is 15.2 Å². The fourth-order valence-electron chi connectivity index (χ4n) is 4.74. The topological polar surface area (TPSA) is 130 Å². The highest BCUT2D eigenvalue weighted by molar-refractivity contribution is 6.06. The summed E-state index contributed by atoms with van der Waals surface area (Å²) in [5, 5.41) is 9.90. The van der Waals surface area contributed by atoms with Crippen LogP contribution < -0.4 is 11.5 Å². The Kier molecular flexibility index (Phi) is 6.01. The first-order valence-corrected chi connectivity index (χ1v) is 12.2. The molecule has 4 heterocycles. The highest BCUT2D eigenvalue weighted by atomic mass is 19.1. The Morgan fingerprint density at radius 2 is 1.86 bits per heavy atom. The van der Waals surface area contributed by atoms with Crippen LogP contribution in [0.1, 0.15) is 39.7 Å². The molecule has 11 heteroatoms. The van der Waals surface area contributed by atoms with E-state index < -0.39 is 11.4 Å². The molecule has 4 N–H and O–H groups in total. The molecule has 10 nitrogen and oxygen atoms in total. The lowest BCUT2D eigenvalue weighted by atomic mass is 10.0. The molecule has 1 fully saturated rings. The first kappa shape index (κ1) is 24.5. The number of halogens is 1. The van der Waals surface area contributed by atoms with E-state index in [0.717, 1.165) is 29.5 Å². The summed E-state index contributed by atoms with van der Waals surface area (Å²) < 4.78 is 23.4. The van der Waals surface area contributed by atoms with Gasteiger partial charge in [-0.25, -0.2) is 14.2 Å². The summed E-state index contributed by atoms with van der Waals surface area (Å²) in [5.41, 5.74) is 15.0. The van der Waals surface area contributed by atoms with Crippen molar-refractivity contribution in [1.82, 2.24) is 29.4 Å². The highest BCUT2D eigenvalue weighted by Crippen LogP contribution is 2.37. The van der Waals surface area contributed by atoms with Crippen LogP contribution in [0.4, 0.5) is 20.7 Å². The molecule has 5 rings (SSSR count). The lowest BCUT2D eigenvalue weighted by Crippen LogP contribution is -2.42. The summed E-state index contributed by atoms with van der Waals surface area (Å²) in [5.74, 6) is -0.209. The number of piperidine rings is 1. The highest BCUT2D eigenvalue weighted by Gasteiger charge is 2.28. The van der Waals surface area contributed by atoms with E-state index in [4.69, 9.17) is 16.2 Å². The minimum Gasteiger partial charge on any atom is -0.444 e. The van der Waals surface area contributed by atoms with Crippen molar-refractivity contribution >= 4 is 28.5 Å². The molecule has 0 aliphatic carbocycles. The summed E-state index contributed by atoms with van der Waals surface area (Å²) in [6, 6.07) is 4.74. The van der Waals surface area contributed by atoms with Crippen molar-refractivity contribution in [1.29, 1.82) is 0 Å². The van der Waals surface area contributed by atoms with Gasteiger partial charge in [-0.3, -0.25) is 9.36 Å². The van der Waals surface area contributed by atoms with Gasteiger partial charge in [0.25, 0.3) is 0 Å². The van der Waals surface area contributed by atoms with Crippen molar-refractivity contribution in [3.8, 4) is 22.4 Å². The van der Waals surface area contributed by atoms with E-state index in [1.807, 2.05) is 38.7 Å².